The quantitative estimate of drug-likeness (QED) is 0.592. The molecule has 0 aromatic carbocycles. The predicted molar refractivity (Wildman–Crippen MR) is 65.2 cm³/mol. The smallest absolute Gasteiger partial charge is 0.158 e. The summed E-state index contributed by atoms with van der Waals surface area (Å²) in [5, 5.41) is 0. The molecule has 0 atom stereocenters. The number of hydrogen-bond acceptors (Lipinski definition) is 5. The van der Waals surface area contributed by atoms with Crippen LogP contribution in [0.15, 0.2) is 24.8 Å². The van der Waals surface area contributed by atoms with Crippen LogP contribution in [-0.4, -0.2) is 19.5 Å². The zero-order valence-corrected chi connectivity index (χ0v) is 9.80. The van der Waals surface area contributed by atoms with Crippen LogP contribution in [0.1, 0.15) is 24.9 Å². The second-order valence-electron chi connectivity index (χ2n) is 3.76. The van der Waals surface area contributed by atoms with E-state index in [4.69, 9.17) is 5.84 Å². The van der Waals surface area contributed by atoms with Crippen molar-refractivity contribution in [3.63, 3.8) is 0 Å². The average molecular weight is 232 g/mol. The van der Waals surface area contributed by atoms with Crippen LogP contribution in [0.4, 0.5) is 5.82 Å². The fourth-order valence-electron chi connectivity index (χ4n) is 1.62. The van der Waals surface area contributed by atoms with E-state index in [9.17, 15) is 0 Å². The highest BCUT2D eigenvalue weighted by Crippen LogP contribution is 2.06. The minimum Gasteiger partial charge on any atom is -0.329 e. The van der Waals surface area contributed by atoms with Gasteiger partial charge in [-0.15, -0.1) is 0 Å². The summed E-state index contributed by atoms with van der Waals surface area (Å²) in [5.74, 6) is 6.87. The van der Waals surface area contributed by atoms with Crippen molar-refractivity contribution in [1.82, 2.24) is 19.5 Å². The maximum atomic E-state index is 5.23. The molecule has 6 nitrogen and oxygen atoms in total. The SMILES string of the molecule is CCCc1nccn1Cc1cnc(NN)cn1. The monoisotopic (exact) mass is 232 g/mol. The molecule has 3 N–H and O–H groups in total. The fraction of sp³-hybridized carbons (Fsp3) is 0.364. The van der Waals surface area contributed by atoms with Gasteiger partial charge < -0.3 is 9.99 Å². The van der Waals surface area contributed by atoms with Crippen molar-refractivity contribution >= 4 is 5.82 Å². The van der Waals surface area contributed by atoms with Gasteiger partial charge in [-0.3, -0.25) is 4.98 Å². The molecule has 2 aromatic heterocycles. The Bertz CT molecular complexity index is 461. The molecule has 17 heavy (non-hydrogen) atoms. The first-order valence-electron chi connectivity index (χ1n) is 5.61. The fourth-order valence-corrected chi connectivity index (χ4v) is 1.62. The van der Waals surface area contributed by atoms with E-state index in [1.807, 2.05) is 12.4 Å². The van der Waals surface area contributed by atoms with Crippen molar-refractivity contribution in [2.75, 3.05) is 5.43 Å². The van der Waals surface area contributed by atoms with Crippen LogP contribution < -0.4 is 11.3 Å². The Hall–Kier alpha value is -1.95. The molecule has 2 aromatic rings. The Morgan fingerprint density at radius 1 is 1.29 bits per heavy atom. The van der Waals surface area contributed by atoms with Crippen molar-refractivity contribution in [2.45, 2.75) is 26.3 Å². The second-order valence-corrected chi connectivity index (χ2v) is 3.76. The Labute approximate surface area is 99.9 Å². The van der Waals surface area contributed by atoms with E-state index in [0.717, 1.165) is 24.4 Å². The van der Waals surface area contributed by atoms with Gasteiger partial charge in [0.2, 0.25) is 0 Å². The van der Waals surface area contributed by atoms with E-state index in [-0.39, 0.29) is 0 Å². The molecule has 0 amide bonds. The summed E-state index contributed by atoms with van der Waals surface area (Å²) < 4.78 is 2.09. The Kier molecular flexibility index (Phi) is 3.66. The zero-order valence-electron chi connectivity index (χ0n) is 9.80. The summed E-state index contributed by atoms with van der Waals surface area (Å²) in [6.07, 6.45) is 9.16. The molecule has 0 saturated carbocycles. The van der Waals surface area contributed by atoms with Crippen molar-refractivity contribution < 1.29 is 0 Å². The van der Waals surface area contributed by atoms with E-state index in [0.29, 0.717) is 12.4 Å². The van der Waals surface area contributed by atoms with Gasteiger partial charge in [0.1, 0.15) is 5.82 Å². The number of nitrogens with zero attached hydrogens (tertiary/aromatic N) is 4. The predicted octanol–water partition coefficient (Wildman–Crippen LogP) is 0.960. The normalized spacial score (nSPS) is 10.5. The lowest BCUT2D eigenvalue weighted by Crippen LogP contribution is -2.10. The highest BCUT2D eigenvalue weighted by atomic mass is 15.3. The second kappa shape index (κ2) is 5.40. The lowest BCUT2D eigenvalue weighted by molar-refractivity contribution is 0.691. The molecule has 2 rings (SSSR count). The van der Waals surface area contributed by atoms with Crippen molar-refractivity contribution in [3.8, 4) is 0 Å². The van der Waals surface area contributed by atoms with E-state index in [2.05, 4.69) is 31.9 Å². The Balaban J connectivity index is 2.10. The third kappa shape index (κ3) is 2.79. The number of nitrogens with two attached hydrogens (primary N) is 1. The van der Waals surface area contributed by atoms with Crippen LogP contribution in [0.3, 0.4) is 0 Å². The summed E-state index contributed by atoms with van der Waals surface area (Å²) in [7, 11) is 0. The van der Waals surface area contributed by atoms with Crippen molar-refractivity contribution in [3.05, 3.63) is 36.3 Å². The number of rotatable bonds is 5. The van der Waals surface area contributed by atoms with E-state index < -0.39 is 0 Å². The number of nitrogens with one attached hydrogen (secondary N) is 1. The average Bonchev–Trinajstić information content (AvgIpc) is 2.78. The molecule has 0 aliphatic rings. The standard InChI is InChI=1S/C11H16N6/c1-2-3-11-13-4-5-17(11)8-9-6-15-10(16-12)7-14-9/h4-7H,2-3,8,12H2,1H3,(H,15,16). The third-order valence-corrected chi connectivity index (χ3v) is 2.46. The summed E-state index contributed by atoms with van der Waals surface area (Å²) >= 11 is 0. The Morgan fingerprint density at radius 3 is 2.82 bits per heavy atom. The number of aryl methyl sites for hydroxylation is 1. The van der Waals surface area contributed by atoms with Gasteiger partial charge in [0, 0.05) is 18.8 Å². The molecule has 0 aliphatic heterocycles. The number of hydrazine groups is 1. The molecule has 0 unspecified atom stereocenters. The lowest BCUT2D eigenvalue weighted by atomic mass is 10.3. The number of anilines is 1. The first-order chi connectivity index (χ1) is 8.33. The summed E-state index contributed by atoms with van der Waals surface area (Å²) in [6.45, 7) is 2.83. The molecule has 2 heterocycles. The molecule has 0 saturated heterocycles. The van der Waals surface area contributed by atoms with Gasteiger partial charge in [-0.2, -0.15) is 0 Å². The Morgan fingerprint density at radius 2 is 2.18 bits per heavy atom. The van der Waals surface area contributed by atoms with E-state index >= 15 is 0 Å². The van der Waals surface area contributed by atoms with Crippen LogP contribution in [0.2, 0.25) is 0 Å². The molecule has 6 heteroatoms. The largest absolute Gasteiger partial charge is 0.329 e. The highest BCUT2D eigenvalue weighted by molar-refractivity contribution is 5.28. The molecule has 0 bridgehead atoms. The highest BCUT2D eigenvalue weighted by Gasteiger charge is 2.03. The maximum absolute atomic E-state index is 5.23. The molecule has 0 aliphatic carbocycles. The molecular formula is C11H16N6. The minimum atomic E-state index is 0.563. The third-order valence-electron chi connectivity index (χ3n) is 2.46. The molecule has 0 spiro atoms. The van der Waals surface area contributed by atoms with Crippen LogP contribution >= 0.6 is 0 Å². The number of aromatic nitrogens is 4. The maximum Gasteiger partial charge on any atom is 0.158 e. The van der Waals surface area contributed by atoms with Gasteiger partial charge in [0.25, 0.3) is 0 Å². The summed E-state index contributed by atoms with van der Waals surface area (Å²) in [4.78, 5) is 12.7. The van der Waals surface area contributed by atoms with Crippen LogP contribution in [0.25, 0.3) is 0 Å². The molecule has 90 valence electrons. The molecular weight excluding hydrogens is 216 g/mol. The van der Waals surface area contributed by atoms with Crippen molar-refractivity contribution in [1.29, 1.82) is 0 Å². The minimum absolute atomic E-state index is 0.563. The number of hydrogen-bond donors (Lipinski definition) is 2. The lowest BCUT2D eigenvalue weighted by Gasteiger charge is -2.06. The summed E-state index contributed by atoms with van der Waals surface area (Å²) in [5.41, 5.74) is 3.34. The topological polar surface area (TPSA) is 81.7 Å². The molecule has 0 radical (unpaired) electrons. The first-order valence-corrected chi connectivity index (χ1v) is 5.61. The first kappa shape index (κ1) is 11.5. The van der Waals surface area contributed by atoms with E-state index in [1.54, 1.807) is 12.4 Å². The number of nitrogen functional groups attached to an aromatic ring is 1. The van der Waals surface area contributed by atoms with Gasteiger partial charge in [-0.1, -0.05) is 6.92 Å². The van der Waals surface area contributed by atoms with Crippen LogP contribution in [-0.2, 0) is 13.0 Å². The zero-order chi connectivity index (χ0) is 12.1. The van der Waals surface area contributed by atoms with Crippen LogP contribution in [0, 0.1) is 0 Å². The molecule has 0 fully saturated rings. The van der Waals surface area contributed by atoms with Gasteiger partial charge in [-0.25, -0.2) is 15.8 Å². The van der Waals surface area contributed by atoms with Gasteiger partial charge in [0.15, 0.2) is 5.82 Å². The van der Waals surface area contributed by atoms with Gasteiger partial charge in [-0.05, 0) is 6.42 Å². The van der Waals surface area contributed by atoms with Crippen molar-refractivity contribution in [2.24, 2.45) is 5.84 Å². The number of imidazole rings is 1. The van der Waals surface area contributed by atoms with Gasteiger partial charge >= 0.3 is 0 Å². The van der Waals surface area contributed by atoms with Gasteiger partial charge in [0.05, 0.1) is 24.6 Å². The van der Waals surface area contributed by atoms with Crippen LogP contribution in [0.5, 0.6) is 0 Å². The van der Waals surface area contributed by atoms with E-state index in [1.165, 1.54) is 0 Å². The summed E-state index contributed by atoms with van der Waals surface area (Å²) in [6, 6.07) is 0.